The van der Waals surface area contributed by atoms with Crippen molar-refractivity contribution in [3.63, 3.8) is 0 Å². The second kappa shape index (κ2) is 9.71. The summed E-state index contributed by atoms with van der Waals surface area (Å²) < 4.78 is 0. The van der Waals surface area contributed by atoms with Crippen LogP contribution in [0.15, 0.2) is 36.4 Å². The number of rotatable bonds is 2. The first-order valence-electron chi connectivity index (χ1n) is 4.55. The van der Waals surface area contributed by atoms with Crippen molar-refractivity contribution in [3.05, 3.63) is 42.0 Å². The van der Waals surface area contributed by atoms with Crippen LogP contribution in [0.2, 0.25) is 0 Å². The van der Waals surface area contributed by atoms with Crippen molar-refractivity contribution < 1.29 is 40.3 Å². The molecular weight excluding hydrogens is 292 g/mol. The maximum atomic E-state index is 2.24. The molecule has 0 amide bonds. The third-order valence-corrected chi connectivity index (χ3v) is 2.29. The van der Waals surface area contributed by atoms with E-state index in [1.165, 1.54) is 29.2 Å². The van der Waals surface area contributed by atoms with Crippen LogP contribution in [0.3, 0.4) is 0 Å². The van der Waals surface area contributed by atoms with Crippen LogP contribution in [-0.2, 0) is 32.6 Å². The number of fused-ring (bicyclic) bond motifs is 1. The smallest absolute Gasteiger partial charge is 1.00 e. The molecule has 0 unspecified atom stereocenters. The average molecular weight is 305 g/mol. The third-order valence-electron chi connectivity index (χ3n) is 2.29. The number of aryl methyl sites for hydroxylation is 1. The SMILES string of the molecule is CCC[c-]1ccc2ccccc21.[F-].[F-].[F-].[Zr+4]. The summed E-state index contributed by atoms with van der Waals surface area (Å²) in [6, 6.07) is 13.0. The fourth-order valence-electron chi connectivity index (χ4n) is 1.70. The van der Waals surface area contributed by atoms with Gasteiger partial charge in [-0.05, 0) is 0 Å². The van der Waals surface area contributed by atoms with E-state index in [9.17, 15) is 0 Å². The van der Waals surface area contributed by atoms with Crippen molar-refractivity contribution in [3.8, 4) is 0 Å². The van der Waals surface area contributed by atoms with Gasteiger partial charge in [0.15, 0.2) is 0 Å². The third kappa shape index (κ3) is 4.17. The molecule has 0 heterocycles. The van der Waals surface area contributed by atoms with Gasteiger partial charge in [-0.1, -0.05) is 25.8 Å². The minimum atomic E-state index is 0. The summed E-state index contributed by atoms with van der Waals surface area (Å²) in [6.07, 6.45) is 2.43. The Balaban J connectivity index is -0.000000422. The molecular formula is C12H13F3Zr. The zero-order chi connectivity index (χ0) is 8.39. The molecule has 2 aromatic carbocycles. The van der Waals surface area contributed by atoms with Gasteiger partial charge in [0.1, 0.15) is 0 Å². The van der Waals surface area contributed by atoms with E-state index in [-0.39, 0.29) is 40.3 Å². The zero-order valence-corrected chi connectivity index (χ0v) is 11.5. The predicted molar refractivity (Wildman–Crippen MR) is 53.5 cm³/mol. The maximum Gasteiger partial charge on any atom is 4.00 e. The second-order valence-electron chi connectivity index (χ2n) is 3.20. The van der Waals surface area contributed by atoms with E-state index in [4.69, 9.17) is 0 Å². The summed E-state index contributed by atoms with van der Waals surface area (Å²) in [5, 5.41) is 2.81. The molecule has 16 heavy (non-hydrogen) atoms. The van der Waals surface area contributed by atoms with Crippen LogP contribution in [0.1, 0.15) is 18.9 Å². The van der Waals surface area contributed by atoms with Crippen molar-refractivity contribution >= 4 is 10.8 Å². The molecule has 0 fully saturated rings. The Bertz CT molecular complexity index is 384. The molecule has 0 aliphatic heterocycles. The molecule has 0 spiro atoms. The zero-order valence-electron chi connectivity index (χ0n) is 9.01. The summed E-state index contributed by atoms with van der Waals surface area (Å²) in [5.74, 6) is 0. The molecule has 86 valence electrons. The molecule has 0 N–H and O–H groups in total. The van der Waals surface area contributed by atoms with Crippen LogP contribution in [0.25, 0.3) is 10.8 Å². The van der Waals surface area contributed by atoms with Gasteiger partial charge in [0.2, 0.25) is 0 Å². The van der Waals surface area contributed by atoms with Gasteiger partial charge in [0.05, 0.1) is 0 Å². The van der Waals surface area contributed by atoms with E-state index in [0.29, 0.717) is 0 Å². The molecule has 0 aromatic heterocycles. The maximum absolute atomic E-state index is 2.24. The molecule has 0 radical (unpaired) electrons. The van der Waals surface area contributed by atoms with Gasteiger partial charge in [-0.25, -0.2) is 0 Å². The first-order chi connectivity index (χ1) is 5.92. The molecule has 0 nitrogen and oxygen atoms in total. The first-order valence-corrected chi connectivity index (χ1v) is 4.55. The molecule has 4 heteroatoms. The van der Waals surface area contributed by atoms with Gasteiger partial charge in [0, 0.05) is 0 Å². The Labute approximate surface area is 113 Å². The van der Waals surface area contributed by atoms with Crippen molar-refractivity contribution in [2.24, 2.45) is 0 Å². The quantitative estimate of drug-likeness (QED) is 0.486. The Morgan fingerprint density at radius 1 is 1.00 bits per heavy atom. The van der Waals surface area contributed by atoms with Gasteiger partial charge in [-0.2, -0.15) is 6.07 Å². The van der Waals surface area contributed by atoms with E-state index in [2.05, 4.69) is 43.3 Å². The monoisotopic (exact) mass is 304 g/mol. The fourth-order valence-corrected chi connectivity index (χ4v) is 1.70. The number of hydrogen-bond donors (Lipinski definition) is 0. The van der Waals surface area contributed by atoms with Crippen LogP contribution in [0.5, 0.6) is 0 Å². The van der Waals surface area contributed by atoms with Gasteiger partial charge in [-0.3, -0.25) is 0 Å². The summed E-state index contributed by atoms with van der Waals surface area (Å²) in [5.41, 5.74) is 1.49. The molecule has 0 atom stereocenters. The van der Waals surface area contributed by atoms with Crippen LogP contribution < -0.4 is 14.1 Å². The molecule has 2 aromatic rings. The van der Waals surface area contributed by atoms with Crippen molar-refractivity contribution in [2.45, 2.75) is 19.8 Å². The Morgan fingerprint density at radius 2 is 1.62 bits per heavy atom. The van der Waals surface area contributed by atoms with E-state index in [1.807, 2.05) is 0 Å². The Hall–Kier alpha value is -0.497. The fraction of sp³-hybridized carbons (Fsp3) is 0.250. The van der Waals surface area contributed by atoms with Gasteiger partial charge in [-0.15, -0.1) is 40.6 Å². The predicted octanol–water partition coefficient (Wildman–Crippen LogP) is -5.48. The van der Waals surface area contributed by atoms with Crippen LogP contribution in [0.4, 0.5) is 0 Å². The second-order valence-corrected chi connectivity index (χ2v) is 3.20. The minimum Gasteiger partial charge on any atom is -1.00 e. The van der Waals surface area contributed by atoms with Crippen LogP contribution in [-0.4, -0.2) is 0 Å². The minimum absolute atomic E-state index is 0. The number of halogens is 3. The number of benzene rings is 1. The van der Waals surface area contributed by atoms with E-state index in [1.54, 1.807) is 0 Å². The topological polar surface area (TPSA) is 0 Å². The van der Waals surface area contributed by atoms with Gasteiger partial charge >= 0.3 is 26.2 Å². The van der Waals surface area contributed by atoms with Crippen molar-refractivity contribution in [2.75, 3.05) is 0 Å². The van der Waals surface area contributed by atoms with Crippen LogP contribution in [0, 0.1) is 0 Å². The summed E-state index contributed by atoms with van der Waals surface area (Å²) in [7, 11) is 0. The largest absolute Gasteiger partial charge is 4.00 e. The molecule has 0 bridgehead atoms. The van der Waals surface area contributed by atoms with Gasteiger partial charge in [0.25, 0.3) is 0 Å². The summed E-state index contributed by atoms with van der Waals surface area (Å²) in [4.78, 5) is 0. The molecule has 0 saturated carbocycles. The molecule has 0 aliphatic rings. The molecule has 0 saturated heterocycles. The normalized spacial score (nSPS) is 8.06. The molecule has 2 rings (SSSR count). The van der Waals surface area contributed by atoms with Crippen molar-refractivity contribution in [1.29, 1.82) is 0 Å². The Morgan fingerprint density at radius 3 is 2.25 bits per heavy atom. The van der Waals surface area contributed by atoms with Crippen LogP contribution >= 0.6 is 0 Å². The summed E-state index contributed by atoms with van der Waals surface area (Å²) in [6.45, 7) is 2.22. The first kappa shape index (κ1) is 20.9. The standard InChI is InChI=1S/C12H13.3FH.Zr/c1-2-5-10-8-9-11-6-3-4-7-12(10)11;;;;/h3-4,6-9H,2,5H2,1H3;3*1H;/q-1;;;;+4/p-3. The number of hydrogen-bond acceptors (Lipinski definition) is 0. The average Bonchev–Trinajstić information content (AvgIpc) is 2.50. The van der Waals surface area contributed by atoms with Crippen molar-refractivity contribution in [1.82, 2.24) is 0 Å². The Kier molecular flexibility index (Phi) is 12.7. The molecule has 0 aliphatic carbocycles. The van der Waals surface area contributed by atoms with Gasteiger partial charge < -0.3 is 14.1 Å². The summed E-state index contributed by atoms with van der Waals surface area (Å²) >= 11 is 0. The van der Waals surface area contributed by atoms with E-state index >= 15 is 0 Å². The van der Waals surface area contributed by atoms with E-state index in [0.717, 1.165) is 0 Å². The van der Waals surface area contributed by atoms with E-state index < -0.39 is 0 Å².